The number of thioether (sulfide) groups is 1. The van der Waals surface area contributed by atoms with Crippen LogP contribution in [0.2, 0.25) is 0 Å². The van der Waals surface area contributed by atoms with E-state index < -0.39 is 0 Å². The second kappa shape index (κ2) is 5.51. The molecule has 15 heavy (non-hydrogen) atoms. The van der Waals surface area contributed by atoms with E-state index in [1.807, 2.05) is 18.3 Å². The van der Waals surface area contributed by atoms with Crippen LogP contribution in [-0.4, -0.2) is 4.98 Å². The van der Waals surface area contributed by atoms with Gasteiger partial charge in [-0.3, -0.25) is 0 Å². The summed E-state index contributed by atoms with van der Waals surface area (Å²) >= 11 is 4.08. The van der Waals surface area contributed by atoms with Crippen molar-refractivity contribution in [1.29, 1.82) is 0 Å². The van der Waals surface area contributed by atoms with Gasteiger partial charge in [0.2, 0.25) is 0 Å². The number of hydrogen-bond acceptors (Lipinski definition) is 2. The molecule has 0 spiro atoms. The third-order valence-corrected chi connectivity index (χ3v) is 3.59. The molecule has 2 aromatic rings. The van der Waals surface area contributed by atoms with Gasteiger partial charge >= 0.3 is 0 Å². The Hall–Kier alpha value is -0.550. The van der Waals surface area contributed by atoms with Crippen LogP contribution in [0.5, 0.6) is 0 Å². The van der Waals surface area contributed by atoms with Crippen molar-refractivity contribution in [3.8, 4) is 0 Å². The minimum Gasteiger partial charge on any atom is -0.250 e. The van der Waals surface area contributed by atoms with Crippen molar-refractivity contribution < 1.29 is 0 Å². The predicted molar refractivity (Wildman–Crippen MR) is 73.0 cm³/mol. The van der Waals surface area contributed by atoms with Gasteiger partial charge in [0.25, 0.3) is 0 Å². The summed E-state index contributed by atoms with van der Waals surface area (Å²) < 4.78 is 1.23. The summed E-state index contributed by atoms with van der Waals surface area (Å²) in [5, 5.41) is 1.09. The van der Waals surface area contributed by atoms with Gasteiger partial charge in [0.1, 0.15) is 0 Å². The SMILES string of the molecule is Ic1ccnc(SCc2ccccc2)c1. The fourth-order valence-electron chi connectivity index (χ4n) is 1.20. The van der Waals surface area contributed by atoms with Gasteiger partial charge in [-0.15, -0.1) is 11.8 Å². The van der Waals surface area contributed by atoms with Crippen LogP contribution in [0.3, 0.4) is 0 Å². The lowest BCUT2D eigenvalue weighted by atomic mass is 10.2. The maximum Gasteiger partial charge on any atom is 0.0973 e. The predicted octanol–water partition coefficient (Wildman–Crippen LogP) is 3.98. The Balaban J connectivity index is 1.99. The van der Waals surface area contributed by atoms with E-state index in [1.54, 1.807) is 11.8 Å². The molecule has 76 valence electrons. The molecule has 0 aliphatic carbocycles. The normalized spacial score (nSPS) is 10.2. The molecule has 1 aromatic heterocycles. The molecule has 0 atom stereocenters. The van der Waals surface area contributed by atoms with Crippen molar-refractivity contribution in [2.75, 3.05) is 0 Å². The zero-order valence-electron chi connectivity index (χ0n) is 8.06. The second-order valence-corrected chi connectivity index (χ2v) is 5.33. The van der Waals surface area contributed by atoms with E-state index in [2.05, 4.69) is 57.9 Å². The molecule has 0 aliphatic heterocycles. The molecule has 0 radical (unpaired) electrons. The standard InChI is InChI=1S/C12H10INS/c13-11-6-7-14-12(8-11)15-9-10-4-2-1-3-5-10/h1-8H,9H2. The van der Waals surface area contributed by atoms with Crippen LogP contribution in [0, 0.1) is 3.57 Å². The molecule has 0 amide bonds. The Labute approximate surface area is 107 Å². The fraction of sp³-hybridized carbons (Fsp3) is 0.0833. The average Bonchev–Trinajstić information content (AvgIpc) is 2.28. The van der Waals surface area contributed by atoms with Crippen LogP contribution >= 0.6 is 34.4 Å². The molecule has 0 unspecified atom stereocenters. The van der Waals surface area contributed by atoms with Gasteiger partial charge in [0.05, 0.1) is 5.03 Å². The minimum atomic E-state index is 0.980. The molecule has 1 heterocycles. The zero-order valence-corrected chi connectivity index (χ0v) is 11.0. The third kappa shape index (κ3) is 3.50. The van der Waals surface area contributed by atoms with Gasteiger partial charge in [0, 0.05) is 15.5 Å². The van der Waals surface area contributed by atoms with E-state index >= 15 is 0 Å². The summed E-state index contributed by atoms with van der Waals surface area (Å²) in [6, 6.07) is 14.6. The molecular formula is C12H10INS. The Morgan fingerprint density at radius 1 is 1.13 bits per heavy atom. The van der Waals surface area contributed by atoms with E-state index in [1.165, 1.54) is 9.13 Å². The molecule has 0 aliphatic rings. The first-order chi connectivity index (χ1) is 7.34. The topological polar surface area (TPSA) is 12.9 Å². The Morgan fingerprint density at radius 3 is 2.67 bits per heavy atom. The van der Waals surface area contributed by atoms with Crippen LogP contribution in [0.25, 0.3) is 0 Å². The van der Waals surface area contributed by atoms with Crippen LogP contribution in [0.15, 0.2) is 53.7 Å². The summed E-state index contributed by atoms with van der Waals surface area (Å²) in [4.78, 5) is 4.31. The van der Waals surface area contributed by atoms with Crippen molar-refractivity contribution in [2.24, 2.45) is 0 Å². The van der Waals surface area contributed by atoms with Crippen molar-refractivity contribution in [1.82, 2.24) is 4.98 Å². The molecular weight excluding hydrogens is 317 g/mol. The molecule has 1 aromatic carbocycles. The lowest BCUT2D eigenvalue weighted by Crippen LogP contribution is -1.83. The quantitative estimate of drug-likeness (QED) is 0.625. The van der Waals surface area contributed by atoms with E-state index in [0.717, 1.165) is 10.8 Å². The van der Waals surface area contributed by atoms with Crippen LogP contribution in [-0.2, 0) is 5.75 Å². The summed E-state index contributed by atoms with van der Waals surface area (Å²) in [5.74, 6) is 0.980. The summed E-state index contributed by atoms with van der Waals surface area (Å²) in [5.41, 5.74) is 1.34. The molecule has 0 saturated carbocycles. The lowest BCUT2D eigenvalue weighted by Gasteiger charge is -2.01. The smallest absolute Gasteiger partial charge is 0.0973 e. The highest BCUT2D eigenvalue weighted by Gasteiger charge is 1.97. The molecule has 0 N–H and O–H groups in total. The zero-order chi connectivity index (χ0) is 10.5. The first kappa shape index (κ1) is 11.0. The van der Waals surface area contributed by atoms with Gasteiger partial charge in [-0.05, 0) is 40.3 Å². The van der Waals surface area contributed by atoms with E-state index in [9.17, 15) is 0 Å². The number of hydrogen-bond donors (Lipinski definition) is 0. The summed E-state index contributed by atoms with van der Waals surface area (Å²) in [7, 11) is 0. The van der Waals surface area contributed by atoms with Gasteiger partial charge in [-0.25, -0.2) is 4.98 Å². The third-order valence-electron chi connectivity index (χ3n) is 1.93. The van der Waals surface area contributed by atoms with E-state index in [4.69, 9.17) is 0 Å². The lowest BCUT2D eigenvalue weighted by molar-refractivity contribution is 1.12. The van der Waals surface area contributed by atoms with Gasteiger partial charge in [-0.2, -0.15) is 0 Å². The fourth-order valence-corrected chi connectivity index (χ4v) is 2.72. The van der Waals surface area contributed by atoms with Crippen molar-refractivity contribution in [3.63, 3.8) is 0 Å². The number of pyridine rings is 1. The number of halogens is 1. The molecule has 0 bridgehead atoms. The Kier molecular flexibility index (Phi) is 4.02. The Bertz CT molecular complexity index is 431. The van der Waals surface area contributed by atoms with Gasteiger partial charge < -0.3 is 0 Å². The van der Waals surface area contributed by atoms with E-state index in [0.29, 0.717) is 0 Å². The first-order valence-electron chi connectivity index (χ1n) is 4.63. The monoisotopic (exact) mass is 327 g/mol. The molecule has 3 heteroatoms. The highest BCUT2D eigenvalue weighted by Crippen LogP contribution is 2.21. The van der Waals surface area contributed by atoms with Crippen LogP contribution in [0.4, 0.5) is 0 Å². The summed E-state index contributed by atoms with van der Waals surface area (Å²) in [6.07, 6.45) is 1.86. The van der Waals surface area contributed by atoms with Gasteiger partial charge in [-0.1, -0.05) is 30.3 Å². The number of nitrogens with zero attached hydrogens (tertiary/aromatic N) is 1. The van der Waals surface area contributed by atoms with Gasteiger partial charge in [0.15, 0.2) is 0 Å². The molecule has 1 nitrogen and oxygen atoms in total. The van der Waals surface area contributed by atoms with E-state index in [-0.39, 0.29) is 0 Å². The van der Waals surface area contributed by atoms with Crippen LogP contribution < -0.4 is 0 Å². The highest BCUT2D eigenvalue weighted by molar-refractivity contribution is 14.1. The van der Waals surface area contributed by atoms with Crippen molar-refractivity contribution in [3.05, 3.63) is 57.8 Å². The molecule has 0 fully saturated rings. The maximum atomic E-state index is 4.31. The number of rotatable bonds is 3. The number of aromatic nitrogens is 1. The number of benzene rings is 1. The maximum absolute atomic E-state index is 4.31. The van der Waals surface area contributed by atoms with Crippen molar-refractivity contribution in [2.45, 2.75) is 10.8 Å². The average molecular weight is 327 g/mol. The Morgan fingerprint density at radius 2 is 1.93 bits per heavy atom. The minimum absolute atomic E-state index is 0.980. The van der Waals surface area contributed by atoms with Crippen LogP contribution in [0.1, 0.15) is 5.56 Å². The highest BCUT2D eigenvalue weighted by atomic mass is 127. The molecule has 2 rings (SSSR count). The summed E-state index contributed by atoms with van der Waals surface area (Å²) in [6.45, 7) is 0. The molecule has 0 saturated heterocycles. The van der Waals surface area contributed by atoms with Crippen molar-refractivity contribution >= 4 is 34.4 Å². The second-order valence-electron chi connectivity index (χ2n) is 3.09. The largest absolute Gasteiger partial charge is 0.250 e. The first-order valence-corrected chi connectivity index (χ1v) is 6.69.